The van der Waals surface area contributed by atoms with E-state index in [-0.39, 0.29) is 22.9 Å². The van der Waals surface area contributed by atoms with Gasteiger partial charge in [0.1, 0.15) is 12.1 Å². The van der Waals surface area contributed by atoms with Crippen molar-refractivity contribution in [1.82, 2.24) is 30.1 Å². The number of likely N-dealkylation sites (tertiary alicyclic amines) is 2. The summed E-state index contributed by atoms with van der Waals surface area (Å²) in [7, 11) is 0. The molecule has 2 atom stereocenters. The lowest BCUT2D eigenvalue weighted by molar-refractivity contribution is -0.626. The van der Waals surface area contributed by atoms with Gasteiger partial charge in [0.25, 0.3) is 0 Å². The van der Waals surface area contributed by atoms with Gasteiger partial charge in [-0.3, -0.25) is 9.59 Å². The lowest BCUT2D eigenvalue weighted by Gasteiger charge is -3.09. The minimum absolute atomic E-state index is 0.135. The van der Waals surface area contributed by atoms with Crippen LogP contribution in [0.5, 0.6) is 0 Å². The Balaban J connectivity index is 0.757. The maximum absolute atomic E-state index is 14.4. The van der Waals surface area contributed by atoms with Gasteiger partial charge in [-0.2, -0.15) is 9.97 Å². The first-order valence-electron chi connectivity index (χ1n) is 18.0. The normalized spacial score (nSPS) is 37.2. The highest BCUT2D eigenvalue weighted by atomic mass is 16.5. The van der Waals surface area contributed by atoms with E-state index in [4.69, 9.17) is 19.0 Å². The number of hydrogen-bond acceptors (Lipinski definition) is 8. The molecule has 10 nitrogen and oxygen atoms in total. The van der Waals surface area contributed by atoms with E-state index in [0.29, 0.717) is 83.6 Å². The van der Waals surface area contributed by atoms with Crippen LogP contribution >= 0.6 is 0 Å². The zero-order chi connectivity index (χ0) is 31.8. The zero-order valence-corrected chi connectivity index (χ0v) is 26.8. The summed E-state index contributed by atoms with van der Waals surface area (Å²) in [5.74, 6) is 5.38. The Morgan fingerprint density at radius 2 is 1.00 bits per heavy atom. The second-order valence-electron chi connectivity index (χ2n) is 15.4. The molecule has 2 amide bonds. The molecule has 48 heavy (non-hydrogen) atoms. The van der Waals surface area contributed by atoms with Gasteiger partial charge >= 0.3 is 0 Å². The first kappa shape index (κ1) is 27.6. The summed E-state index contributed by atoms with van der Waals surface area (Å²) in [5, 5.41) is 8.55. The number of benzene rings is 2. The molecule has 4 heterocycles. The molecular weight excluding hydrogens is 604 g/mol. The molecule has 4 aromatic rings. The van der Waals surface area contributed by atoms with Crippen molar-refractivity contribution < 1.29 is 18.6 Å². The summed E-state index contributed by atoms with van der Waals surface area (Å²) < 4.78 is 11.5. The minimum Gasteiger partial charge on any atom is -0.337 e. The highest BCUT2D eigenvalue weighted by Gasteiger charge is 3.13. The Labute approximate surface area is 278 Å². The Kier molecular flexibility index (Phi) is 5.54. The van der Waals surface area contributed by atoms with Crippen LogP contribution in [0.4, 0.5) is 0 Å². The van der Waals surface area contributed by atoms with Crippen LogP contribution in [0.15, 0.2) is 69.7 Å². The smallest absolute Gasteiger partial charge is 0.249 e. The van der Waals surface area contributed by atoms with Gasteiger partial charge in [-0.05, 0) is 85.2 Å². The van der Waals surface area contributed by atoms with Crippen LogP contribution in [0, 0.1) is 46.3 Å². The molecule has 2 aliphatic heterocycles. The summed E-state index contributed by atoms with van der Waals surface area (Å²) in [6.07, 6.45) is 6.77. The molecule has 2 aromatic heterocycles. The van der Waals surface area contributed by atoms with E-state index in [1.165, 1.54) is 11.1 Å². The van der Waals surface area contributed by atoms with Crippen LogP contribution in [0.3, 0.4) is 0 Å². The predicted molar refractivity (Wildman–Crippen MR) is 169 cm³/mol. The number of carbonyl (C=O) groups is 2. The summed E-state index contributed by atoms with van der Waals surface area (Å²) in [6, 6.07) is 20.4. The fourth-order valence-electron chi connectivity index (χ4n) is 12.2. The molecule has 0 bridgehead atoms. The molecule has 6 saturated carbocycles. The Morgan fingerprint density at radius 3 is 1.40 bits per heavy atom. The van der Waals surface area contributed by atoms with Crippen LogP contribution < -0.4 is 0 Å². The van der Waals surface area contributed by atoms with Gasteiger partial charge in [-0.1, -0.05) is 71.0 Å². The average molecular weight is 643 g/mol. The number of amides is 2. The van der Waals surface area contributed by atoms with Crippen molar-refractivity contribution in [2.75, 3.05) is 13.1 Å². The van der Waals surface area contributed by atoms with Gasteiger partial charge in [0, 0.05) is 25.9 Å². The topological polar surface area (TPSA) is 118 Å². The van der Waals surface area contributed by atoms with Crippen molar-refractivity contribution in [1.29, 1.82) is 0 Å². The molecule has 6 aliphatic carbocycles. The molecule has 0 unspecified atom stereocenters. The molecule has 2 aromatic carbocycles. The third kappa shape index (κ3) is 3.16. The first-order chi connectivity index (χ1) is 23.6. The second-order valence-corrected chi connectivity index (χ2v) is 15.4. The highest BCUT2D eigenvalue weighted by Crippen LogP contribution is 3.10. The highest BCUT2D eigenvalue weighted by molar-refractivity contribution is 6.00. The summed E-state index contributed by atoms with van der Waals surface area (Å²) in [4.78, 5) is 42.4. The third-order valence-electron chi connectivity index (χ3n) is 13.9. The Morgan fingerprint density at radius 1 is 0.604 bits per heavy atom. The molecule has 0 radical (unpaired) electrons. The summed E-state index contributed by atoms with van der Waals surface area (Å²) in [5.41, 5.74) is 2.03. The van der Waals surface area contributed by atoms with E-state index in [9.17, 15) is 9.59 Å². The number of carbonyl (C=O) groups excluding carboxylic acids is 2. The fourth-order valence-corrected chi connectivity index (χ4v) is 12.2. The molecule has 12 rings (SSSR count). The SMILES string of the molecule is O=C(N1CCC[C@H]1c1nc(CCc2ccccc2)no1)C12C3C4C1C1C2C3C41C(=O)N1CCC[C@H]1c1nc(CCc2ccccc2)no1. The van der Waals surface area contributed by atoms with E-state index < -0.39 is 0 Å². The van der Waals surface area contributed by atoms with Crippen molar-refractivity contribution in [2.45, 2.75) is 63.5 Å². The number of aromatic nitrogens is 4. The maximum atomic E-state index is 14.4. The van der Waals surface area contributed by atoms with Crippen molar-refractivity contribution >= 4 is 11.8 Å². The van der Waals surface area contributed by atoms with E-state index >= 15 is 0 Å². The average Bonchev–Trinajstić information content (AvgIpc) is 3.97. The Bertz CT molecular complexity index is 1740. The number of hydrogen-bond donors (Lipinski definition) is 0. The van der Waals surface area contributed by atoms with E-state index in [2.05, 4.69) is 44.4 Å². The van der Waals surface area contributed by atoms with Crippen molar-refractivity contribution in [3.63, 3.8) is 0 Å². The molecule has 0 N–H and O–H groups in total. The lowest BCUT2D eigenvalue weighted by Crippen LogP contribution is -3.12. The van der Waals surface area contributed by atoms with Crippen LogP contribution in [-0.2, 0) is 35.3 Å². The summed E-state index contributed by atoms with van der Waals surface area (Å²) in [6.45, 7) is 1.49. The van der Waals surface area contributed by atoms with Gasteiger partial charge in [0.15, 0.2) is 11.6 Å². The summed E-state index contributed by atoms with van der Waals surface area (Å²) >= 11 is 0. The first-order valence-corrected chi connectivity index (χ1v) is 18.0. The van der Waals surface area contributed by atoms with E-state index in [1.807, 2.05) is 36.4 Å². The number of aryl methyl sites for hydroxylation is 4. The second kappa shape index (κ2) is 9.64. The van der Waals surface area contributed by atoms with Crippen LogP contribution in [0.1, 0.15) is 72.3 Å². The van der Waals surface area contributed by atoms with Gasteiger partial charge < -0.3 is 18.8 Å². The van der Waals surface area contributed by atoms with Crippen molar-refractivity contribution in [2.24, 2.45) is 46.3 Å². The van der Waals surface area contributed by atoms with Crippen molar-refractivity contribution in [3.05, 3.63) is 95.2 Å². The standard InChI is InChI=1S/C38H38N6O4/c45-35(43-19-7-13-23(43)33-39-25(41-47-33)17-15-21-9-3-1-4-10-21)37-27-30-28(37)32-29(37)31(27)38(30,32)36(46)44-20-8-14-24(44)34-40-26(42-48-34)18-16-22-11-5-2-6-12-22/h1-6,9-12,23-24,27-32H,7-8,13-20H2/t23-,24-,27?,28?,29?,30?,31?,32?,37?,38?/m0/s1. The molecule has 8 fully saturated rings. The molecule has 2 saturated heterocycles. The largest absolute Gasteiger partial charge is 0.337 e. The van der Waals surface area contributed by atoms with Crippen LogP contribution in [0.2, 0.25) is 0 Å². The van der Waals surface area contributed by atoms with E-state index in [1.54, 1.807) is 0 Å². The number of nitrogens with zero attached hydrogens (tertiary/aromatic N) is 6. The minimum atomic E-state index is -0.231. The quantitative estimate of drug-likeness (QED) is 0.242. The molecule has 8 aliphatic rings. The number of rotatable bonds is 10. The maximum Gasteiger partial charge on any atom is 0.249 e. The molecule has 0 spiro atoms. The predicted octanol–water partition coefficient (Wildman–Crippen LogP) is 4.79. The van der Waals surface area contributed by atoms with Crippen LogP contribution in [0.25, 0.3) is 0 Å². The van der Waals surface area contributed by atoms with Gasteiger partial charge in [-0.25, -0.2) is 0 Å². The monoisotopic (exact) mass is 642 g/mol. The molecule has 244 valence electrons. The van der Waals surface area contributed by atoms with Gasteiger partial charge in [0.2, 0.25) is 23.6 Å². The lowest BCUT2D eigenvalue weighted by atomic mass is 8.92. The van der Waals surface area contributed by atoms with Gasteiger partial charge in [0.05, 0.1) is 10.8 Å². The fraction of sp³-hybridized carbons (Fsp3) is 0.526. The molecular formula is C38H38N6O4. The third-order valence-corrected chi connectivity index (χ3v) is 13.9. The van der Waals surface area contributed by atoms with E-state index in [0.717, 1.165) is 51.6 Å². The van der Waals surface area contributed by atoms with Gasteiger partial charge in [-0.15, -0.1) is 0 Å². The zero-order valence-electron chi connectivity index (χ0n) is 26.8. The Hall–Kier alpha value is -4.34. The van der Waals surface area contributed by atoms with Crippen molar-refractivity contribution in [3.8, 4) is 0 Å². The molecule has 10 heteroatoms. The van der Waals surface area contributed by atoms with Crippen LogP contribution in [-0.4, -0.2) is 55.0 Å².